The number of aldehydes is 1. The lowest BCUT2D eigenvalue weighted by molar-refractivity contribution is 0.112. The van der Waals surface area contributed by atoms with Gasteiger partial charge in [0.25, 0.3) is 0 Å². The number of nitrogens with zero attached hydrogens (tertiary/aromatic N) is 1. The largest absolute Gasteiger partial charge is 0.297 e. The Morgan fingerprint density at radius 3 is 1.90 bits per heavy atom. The van der Waals surface area contributed by atoms with Gasteiger partial charge >= 0.3 is 0 Å². The van der Waals surface area contributed by atoms with Crippen molar-refractivity contribution in [2.75, 3.05) is 0 Å². The molecule has 0 atom stereocenters. The maximum absolute atomic E-state index is 10.9. The molecule has 1 aromatic heterocycles. The van der Waals surface area contributed by atoms with E-state index in [-0.39, 0.29) is 5.92 Å². The highest BCUT2D eigenvalue weighted by atomic mass is 32.1. The van der Waals surface area contributed by atoms with Crippen LogP contribution in [0.25, 0.3) is 0 Å². The zero-order chi connectivity index (χ0) is 13.8. The minimum Gasteiger partial charge on any atom is -0.297 e. The van der Waals surface area contributed by atoms with E-state index in [4.69, 9.17) is 0 Å². The second-order valence-corrected chi connectivity index (χ2v) is 5.57. The summed E-state index contributed by atoms with van der Waals surface area (Å²) < 4.78 is 0. The van der Waals surface area contributed by atoms with Crippen molar-refractivity contribution in [3.8, 4) is 0 Å². The van der Waals surface area contributed by atoms with Crippen LogP contribution >= 0.6 is 11.3 Å². The summed E-state index contributed by atoms with van der Waals surface area (Å²) in [6, 6.07) is 20.5. The molecule has 0 aliphatic carbocycles. The Kier molecular flexibility index (Phi) is 3.70. The van der Waals surface area contributed by atoms with Gasteiger partial charge in [-0.05, 0) is 11.1 Å². The maximum atomic E-state index is 10.9. The minimum atomic E-state index is 0.0797. The van der Waals surface area contributed by atoms with Crippen LogP contribution in [0.15, 0.2) is 66.9 Å². The molecule has 0 aliphatic rings. The normalized spacial score (nSPS) is 10.7. The molecule has 98 valence electrons. The number of hydrogen-bond donors (Lipinski definition) is 0. The summed E-state index contributed by atoms with van der Waals surface area (Å²) >= 11 is 1.45. The molecular formula is C17H13NOS. The SMILES string of the molecule is O=Cc1cnc(C(c2ccccc2)c2ccccc2)s1. The number of benzene rings is 2. The Morgan fingerprint density at radius 1 is 0.900 bits per heavy atom. The summed E-state index contributed by atoms with van der Waals surface area (Å²) in [4.78, 5) is 16.0. The lowest BCUT2D eigenvalue weighted by Crippen LogP contribution is -2.02. The summed E-state index contributed by atoms with van der Waals surface area (Å²) in [5.41, 5.74) is 2.37. The highest BCUT2D eigenvalue weighted by Crippen LogP contribution is 2.33. The first kappa shape index (κ1) is 12.8. The number of aromatic nitrogens is 1. The Balaban J connectivity index is 2.11. The summed E-state index contributed by atoms with van der Waals surface area (Å²) in [5.74, 6) is 0.0797. The average molecular weight is 279 g/mol. The van der Waals surface area contributed by atoms with Gasteiger partial charge in [-0.25, -0.2) is 4.98 Å². The molecule has 0 radical (unpaired) electrons. The second-order valence-electron chi connectivity index (χ2n) is 4.47. The number of carbonyl (C=O) groups is 1. The van der Waals surface area contributed by atoms with E-state index in [0.29, 0.717) is 4.88 Å². The van der Waals surface area contributed by atoms with E-state index in [1.165, 1.54) is 22.5 Å². The molecule has 3 aromatic rings. The topological polar surface area (TPSA) is 30.0 Å². The van der Waals surface area contributed by atoms with Crippen molar-refractivity contribution in [3.05, 3.63) is 87.9 Å². The molecule has 0 bridgehead atoms. The van der Waals surface area contributed by atoms with Gasteiger partial charge in [-0.2, -0.15) is 0 Å². The van der Waals surface area contributed by atoms with Crippen molar-refractivity contribution < 1.29 is 4.79 Å². The van der Waals surface area contributed by atoms with E-state index in [2.05, 4.69) is 29.2 Å². The van der Waals surface area contributed by atoms with Gasteiger partial charge in [0, 0.05) is 6.20 Å². The number of thiazole rings is 1. The van der Waals surface area contributed by atoms with Gasteiger partial charge in [0.05, 0.1) is 10.8 Å². The number of rotatable bonds is 4. The Labute approximate surface area is 121 Å². The first-order valence-corrected chi connectivity index (χ1v) is 7.21. The van der Waals surface area contributed by atoms with Gasteiger partial charge in [-0.15, -0.1) is 11.3 Å². The smallest absolute Gasteiger partial charge is 0.161 e. The van der Waals surface area contributed by atoms with E-state index < -0.39 is 0 Å². The predicted octanol–water partition coefficient (Wildman–Crippen LogP) is 4.14. The summed E-state index contributed by atoms with van der Waals surface area (Å²) in [6.45, 7) is 0. The number of hydrogen-bond acceptors (Lipinski definition) is 3. The molecule has 0 unspecified atom stereocenters. The van der Waals surface area contributed by atoms with Gasteiger partial charge in [-0.1, -0.05) is 60.7 Å². The highest BCUT2D eigenvalue weighted by Gasteiger charge is 2.19. The molecule has 2 aromatic carbocycles. The van der Waals surface area contributed by atoms with Crippen molar-refractivity contribution in [2.45, 2.75) is 5.92 Å². The van der Waals surface area contributed by atoms with E-state index in [1.54, 1.807) is 6.20 Å². The Hall–Kier alpha value is -2.26. The third kappa shape index (κ3) is 2.53. The molecule has 3 rings (SSSR count). The van der Waals surface area contributed by atoms with Gasteiger partial charge in [0.1, 0.15) is 5.01 Å². The van der Waals surface area contributed by atoms with Crippen molar-refractivity contribution >= 4 is 17.6 Å². The van der Waals surface area contributed by atoms with Crippen LogP contribution in [0.5, 0.6) is 0 Å². The molecule has 3 heteroatoms. The fraction of sp³-hybridized carbons (Fsp3) is 0.0588. The van der Waals surface area contributed by atoms with Crippen molar-refractivity contribution in [1.29, 1.82) is 0 Å². The van der Waals surface area contributed by atoms with Gasteiger partial charge in [0.15, 0.2) is 6.29 Å². The molecular weight excluding hydrogens is 266 g/mol. The van der Waals surface area contributed by atoms with Crippen LogP contribution in [-0.2, 0) is 0 Å². The van der Waals surface area contributed by atoms with Crippen LogP contribution in [0, 0.1) is 0 Å². The molecule has 0 aliphatic heterocycles. The summed E-state index contributed by atoms with van der Waals surface area (Å²) in [5, 5.41) is 0.949. The van der Waals surface area contributed by atoms with Crippen LogP contribution < -0.4 is 0 Å². The van der Waals surface area contributed by atoms with E-state index in [9.17, 15) is 4.79 Å². The van der Waals surface area contributed by atoms with Gasteiger partial charge < -0.3 is 0 Å². The lowest BCUT2D eigenvalue weighted by atomic mass is 9.92. The monoisotopic (exact) mass is 279 g/mol. The van der Waals surface area contributed by atoms with Crippen LogP contribution in [0.1, 0.15) is 31.7 Å². The summed E-state index contributed by atoms with van der Waals surface area (Å²) in [6.07, 6.45) is 2.50. The molecule has 20 heavy (non-hydrogen) atoms. The first-order valence-electron chi connectivity index (χ1n) is 6.39. The fourth-order valence-corrected chi connectivity index (χ4v) is 3.15. The first-order chi connectivity index (χ1) is 9.88. The highest BCUT2D eigenvalue weighted by molar-refractivity contribution is 7.13. The maximum Gasteiger partial charge on any atom is 0.161 e. The van der Waals surface area contributed by atoms with Crippen LogP contribution in [0.4, 0.5) is 0 Å². The average Bonchev–Trinajstić information content (AvgIpc) is 2.98. The van der Waals surface area contributed by atoms with Crippen LogP contribution in [-0.4, -0.2) is 11.3 Å². The van der Waals surface area contributed by atoms with E-state index >= 15 is 0 Å². The second kappa shape index (κ2) is 5.80. The Morgan fingerprint density at radius 2 is 1.45 bits per heavy atom. The van der Waals surface area contributed by atoms with Crippen molar-refractivity contribution in [2.24, 2.45) is 0 Å². The Bertz CT molecular complexity index is 652. The molecule has 0 amide bonds. The number of carbonyl (C=O) groups excluding carboxylic acids is 1. The van der Waals surface area contributed by atoms with Gasteiger partial charge in [0.2, 0.25) is 0 Å². The standard InChI is InChI=1S/C17H13NOS/c19-12-15-11-18-17(20-15)16(13-7-3-1-4-8-13)14-9-5-2-6-10-14/h1-12,16H. The summed E-state index contributed by atoms with van der Waals surface area (Å²) in [7, 11) is 0. The van der Waals surface area contributed by atoms with Crippen molar-refractivity contribution in [3.63, 3.8) is 0 Å². The molecule has 2 nitrogen and oxygen atoms in total. The minimum absolute atomic E-state index is 0.0797. The van der Waals surface area contributed by atoms with E-state index in [0.717, 1.165) is 11.3 Å². The molecule has 0 spiro atoms. The van der Waals surface area contributed by atoms with Crippen molar-refractivity contribution in [1.82, 2.24) is 4.98 Å². The quantitative estimate of drug-likeness (QED) is 0.672. The van der Waals surface area contributed by atoms with Crippen LogP contribution in [0.2, 0.25) is 0 Å². The predicted molar refractivity (Wildman–Crippen MR) is 81.3 cm³/mol. The third-order valence-electron chi connectivity index (χ3n) is 3.17. The molecule has 0 saturated heterocycles. The fourth-order valence-electron chi connectivity index (χ4n) is 2.26. The molecule has 0 fully saturated rings. The molecule has 1 heterocycles. The van der Waals surface area contributed by atoms with Gasteiger partial charge in [-0.3, -0.25) is 4.79 Å². The molecule has 0 N–H and O–H groups in total. The zero-order valence-corrected chi connectivity index (χ0v) is 11.6. The zero-order valence-electron chi connectivity index (χ0n) is 10.8. The van der Waals surface area contributed by atoms with Crippen LogP contribution in [0.3, 0.4) is 0 Å². The third-order valence-corrected chi connectivity index (χ3v) is 4.16. The molecule has 0 saturated carbocycles. The van der Waals surface area contributed by atoms with E-state index in [1.807, 2.05) is 36.4 Å². The lowest BCUT2D eigenvalue weighted by Gasteiger charge is -2.15.